The summed E-state index contributed by atoms with van der Waals surface area (Å²) in [6, 6.07) is 1.92. The highest BCUT2D eigenvalue weighted by molar-refractivity contribution is 5.83. The summed E-state index contributed by atoms with van der Waals surface area (Å²) in [5, 5.41) is 16.0. The van der Waals surface area contributed by atoms with Crippen molar-refractivity contribution in [2.75, 3.05) is 0 Å². The van der Waals surface area contributed by atoms with Crippen LogP contribution in [-0.2, 0) is 11.3 Å². The van der Waals surface area contributed by atoms with Gasteiger partial charge >= 0.3 is 0 Å². The molecule has 0 spiro atoms. The van der Waals surface area contributed by atoms with Gasteiger partial charge in [-0.1, -0.05) is 6.92 Å². The average molecular weight is 472 g/mol. The van der Waals surface area contributed by atoms with Crippen LogP contribution in [0.25, 0.3) is 10.9 Å². The maximum atomic E-state index is 13.5. The van der Waals surface area contributed by atoms with Crippen LogP contribution in [0.1, 0.15) is 64.7 Å². The van der Waals surface area contributed by atoms with Gasteiger partial charge in [-0.15, -0.1) is 0 Å². The van der Waals surface area contributed by atoms with Crippen LogP contribution in [0.3, 0.4) is 0 Å². The summed E-state index contributed by atoms with van der Waals surface area (Å²) in [4.78, 5) is 17.6. The highest BCUT2D eigenvalue weighted by Gasteiger charge is 2.59. The van der Waals surface area contributed by atoms with Gasteiger partial charge in [0.1, 0.15) is 11.1 Å². The minimum atomic E-state index is -2.65. The number of aliphatic hydroxyl groups is 1. The zero-order chi connectivity index (χ0) is 23.7. The molecule has 34 heavy (non-hydrogen) atoms. The number of carbonyl (C=O) groups excluding carboxylic acids is 1. The lowest BCUT2D eigenvalue weighted by atomic mass is 9.49. The normalized spacial score (nSPS) is 41.8. The fourth-order valence-corrected chi connectivity index (χ4v) is 8.91. The summed E-state index contributed by atoms with van der Waals surface area (Å²) < 4.78 is 28.7. The van der Waals surface area contributed by atoms with Crippen LogP contribution in [-0.4, -0.2) is 37.7 Å². The number of pyridine rings is 1. The van der Waals surface area contributed by atoms with E-state index >= 15 is 0 Å². The maximum absolute atomic E-state index is 13.5. The van der Waals surface area contributed by atoms with Gasteiger partial charge in [0.05, 0.1) is 12.7 Å². The number of hydrogen-bond donors (Lipinski definition) is 1. The smallest absolute Gasteiger partial charge is 0.266 e. The standard InChI is InChI=1S/C27H35F2N3O2/c1-26-9-6-19-18-7-10-27(34,25(28)29)12-16(18)2-3-20(19)21(26)4-5-22(26)24(33)15-32-14-17-8-11-30-13-23(17)31-32/h8,11,13-14,16,18-22,25,34H,2-7,9-10,12,15H2,1H3/t16-,18+,19-,20-,21+,22-,26+,27-/m1/s1. The van der Waals surface area contributed by atoms with Crippen molar-refractivity contribution in [1.82, 2.24) is 14.8 Å². The Morgan fingerprint density at radius 2 is 1.97 bits per heavy atom. The van der Waals surface area contributed by atoms with E-state index in [9.17, 15) is 18.7 Å². The molecule has 2 aromatic heterocycles. The van der Waals surface area contributed by atoms with E-state index in [0.29, 0.717) is 30.2 Å². The summed E-state index contributed by atoms with van der Waals surface area (Å²) in [6.45, 7) is 2.65. The highest BCUT2D eigenvalue weighted by atomic mass is 19.3. The molecule has 4 aliphatic rings. The Morgan fingerprint density at radius 1 is 1.15 bits per heavy atom. The highest BCUT2D eigenvalue weighted by Crippen LogP contribution is 2.65. The van der Waals surface area contributed by atoms with E-state index in [-0.39, 0.29) is 35.9 Å². The topological polar surface area (TPSA) is 68.0 Å². The Hall–Kier alpha value is -1.89. The zero-order valence-corrected chi connectivity index (χ0v) is 19.9. The first-order valence-electron chi connectivity index (χ1n) is 13.1. The predicted molar refractivity (Wildman–Crippen MR) is 124 cm³/mol. The van der Waals surface area contributed by atoms with E-state index in [2.05, 4.69) is 17.0 Å². The first-order valence-corrected chi connectivity index (χ1v) is 13.1. The number of nitrogens with zero attached hydrogens (tertiary/aromatic N) is 3. The second kappa shape index (κ2) is 8.07. The molecule has 0 amide bonds. The lowest BCUT2D eigenvalue weighted by Gasteiger charge is -2.57. The number of ketones is 1. The Kier molecular flexibility index (Phi) is 5.36. The molecule has 7 heteroatoms. The largest absolute Gasteiger partial charge is 0.384 e. The summed E-state index contributed by atoms with van der Waals surface area (Å²) in [5.41, 5.74) is -0.943. The van der Waals surface area contributed by atoms with E-state index in [1.165, 1.54) is 0 Å². The molecule has 8 atom stereocenters. The van der Waals surface area contributed by atoms with E-state index in [1.807, 2.05) is 12.3 Å². The number of Topliss-reactive ketones (excluding diaryl/α,β-unsaturated/α-hetero) is 1. The van der Waals surface area contributed by atoms with Crippen molar-refractivity contribution in [2.24, 2.45) is 40.9 Å². The minimum Gasteiger partial charge on any atom is -0.384 e. The molecule has 4 fully saturated rings. The van der Waals surface area contributed by atoms with Gasteiger partial charge in [0, 0.05) is 23.7 Å². The summed E-state index contributed by atoms with van der Waals surface area (Å²) in [6.07, 6.45) is 10.2. The Balaban J connectivity index is 1.17. The number of fused-ring (bicyclic) bond motifs is 6. The Morgan fingerprint density at radius 3 is 2.76 bits per heavy atom. The number of carbonyl (C=O) groups is 1. The molecule has 0 bridgehead atoms. The predicted octanol–water partition coefficient (Wildman–Crippen LogP) is 5.27. The lowest BCUT2D eigenvalue weighted by molar-refractivity contribution is -0.160. The van der Waals surface area contributed by atoms with Crippen molar-refractivity contribution >= 4 is 16.7 Å². The quantitative estimate of drug-likeness (QED) is 0.660. The molecular formula is C27H35F2N3O2. The van der Waals surface area contributed by atoms with Crippen molar-refractivity contribution in [3.63, 3.8) is 0 Å². The summed E-state index contributed by atoms with van der Waals surface area (Å²) >= 11 is 0. The number of halogens is 2. The second-order valence-corrected chi connectivity index (χ2v) is 12.0. The van der Waals surface area contributed by atoms with Gasteiger partial charge in [-0.2, -0.15) is 5.10 Å². The molecule has 2 aromatic rings. The monoisotopic (exact) mass is 471 g/mol. The van der Waals surface area contributed by atoms with Gasteiger partial charge in [0.25, 0.3) is 6.43 Å². The third-order valence-electron chi connectivity index (χ3n) is 10.5. The zero-order valence-electron chi connectivity index (χ0n) is 19.9. The van der Waals surface area contributed by atoms with Gasteiger partial charge in [0.15, 0.2) is 5.78 Å². The average Bonchev–Trinajstić information content (AvgIpc) is 3.38. The van der Waals surface area contributed by atoms with Gasteiger partial charge < -0.3 is 5.11 Å². The summed E-state index contributed by atoms with van der Waals surface area (Å²) in [7, 11) is 0. The third-order valence-corrected chi connectivity index (χ3v) is 10.5. The summed E-state index contributed by atoms with van der Waals surface area (Å²) in [5.74, 6) is 2.74. The molecule has 5 nitrogen and oxygen atoms in total. The number of hydrogen-bond acceptors (Lipinski definition) is 4. The van der Waals surface area contributed by atoms with Gasteiger partial charge in [-0.3, -0.25) is 14.5 Å². The molecule has 0 saturated heterocycles. The maximum Gasteiger partial charge on any atom is 0.266 e. The molecule has 4 saturated carbocycles. The molecule has 0 aromatic carbocycles. The molecule has 4 aliphatic carbocycles. The first kappa shape index (κ1) is 22.6. The third kappa shape index (κ3) is 3.44. The second-order valence-electron chi connectivity index (χ2n) is 12.0. The van der Waals surface area contributed by atoms with E-state index in [4.69, 9.17) is 0 Å². The molecule has 0 radical (unpaired) electrons. The van der Waals surface area contributed by atoms with Crippen molar-refractivity contribution in [2.45, 2.75) is 83.3 Å². The van der Waals surface area contributed by atoms with Crippen LogP contribution in [0, 0.1) is 40.9 Å². The molecule has 2 heterocycles. The Labute approximate surface area is 199 Å². The van der Waals surface area contributed by atoms with Gasteiger partial charge in [0.2, 0.25) is 0 Å². The van der Waals surface area contributed by atoms with Crippen molar-refractivity contribution < 1.29 is 18.7 Å². The van der Waals surface area contributed by atoms with Crippen LogP contribution in [0.15, 0.2) is 24.7 Å². The van der Waals surface area contributed by atoms with E-state index in [1.54, 1.807) is 17.1 Å². The fourth-order valence-electron chi connectivity index (χ4n) is 8.91. The molecule has 0 aliphatic heterocycles. The molecule has 1 N–H and O–H groups in total. The first-order chi connectivity index (χ1) is 16.3. The van der Waals surface area contributed by atoms with Gasteiger partial charge in [-0.25, -0.2) is 8.78 Å². The van der Waals surface area contributed by atoms with Crippen molar-refractivity contribution in [3.05, 3.63) is 24.7 Å². The van der Waals surface area contributed by atoms with Crippen LogP contribution >= 0.6 is 0 Å². The van der Waals surface area contributed by atoms with Gasteiger partial charge in [-0.05, 0) is 98.9 Å². The molecular weight excluding hydrogens is 436 g/mol. The van der Waals surface area contributed by atoms with E-state index < -0.39 is 12.0 Å². The molecule has 184 valence electrons. The molecule has 0 unspecified atom stereocenters. The fraction of sp³-hybridized carbons (Fsp3) is 0.741. The number of alkyl halides is 2. The van der Waals surface area contributed by atoms with Crippen LogP contribution in [0.2, 0.25) is 0 Å². The number of rotatable bonds is 4. The lowest BCUT2D eigenvalue weighted by Crippen LogP contribution is -2.53. The molecule has 6 rings (SSSR count). The number of aromatic nitrogens is 3. The minimum absolute atomic E-state index is 0.0254. The van der Waals surface area contributed by atoms with Crippen LogP contribution in [0.4, 0.5) is 8.78 Å². The Bertz CT molecular complexity index is 1060. The van der Waals surface area contributed by atoms with Crippen molar-refractivity contribution in [3.8, 4) is 0 Å². The van der Waals surface area contributed by atoms with E-state index in [0.717, 1.165) is 55.8 Å². The van der Waals surface area contributed by atoms with Crippen molar-refractivity contribution in [1.29, 1.82) is 0 Å². The van der Waals surface area contributed by atoms with Crippen LogP contribution in [0.5, 0.6) is 0 Å². The van der Waals surface area contributed by atoms with Crippen LogP contribution < -0.4 is 0 Å². The SMILES string of the molecule is C[C@]12CC[C@H]3[C@@H](CC[C@@H]4C[C@@](O)(C(F)F)CC[C@@H]43)[C@@H]1CC[C@@H]2C(=O)Cn1cc2ccncc2n1.